The van der Waals surface area contributed by atoms with Gasteiger partial charge in [0.05, 0.1) is 6.10 Å². The highest BCUT2D eigenvalue weighted by Gasteiger charge is 2.21. The molecule has 1 N–H and O–H groups in total. The van der Waals surface area contributed by atoms with Gasteiger partial charge in [0.2, 0.25) is 0 Å². The topological polar surface area (TPSA) is 21.3 Å². The van der Waals surface area contributed by atoms with E-state index in [-0.39, 0.29) is 0 Å². The molecule has 0 aliphatic rings. The first-order chi connectivity index (χ1) is 9.63. The predicted octanol–water partition coefficient (Wildman–Crippen LogP) is 4.03. The van der Waals surface area contributed by atoms with Gasteiger partial charge in [-0.05, 0) is 63.3 Å². The van der Waals surface area contributed by atoms with Crippen molar-refractivity contribution < 1.29 is 4.74 Å². The minimum Gasteiger partial charge on any atom is -0.377 e. The summed E-state index contributed by atoms with van der Waals surface area (Å²) >= 11 is 0. The molecule has 0 aromatic heterocycles. The zero-order chi connectivity index (χ0) is 15.0. The lowest BCUT2D eigenvalue weighted by molar-refractivity contribution is 0.0319. The molecule has 0 amide bonds. The third-order valence-corrected chi connectivity index (χ3v) is 3.96. The summed E-state index contributed by atoms with van der Waals surface area (Å²) in [6.07, 6.45) is 3.56. The average molecular weight is 277 g/mol. The molecule has 1 aromatic rings. The first-order valence-electron chi connectivity index (χ1n) is 8.04. The molecule has 114 valence electrons. The van der Waals surface area contributed by atoms with Crippen LogP contribution >= 0.6 is 0 Å². The SMILES string of the molecule is CCCNC(Cc1c(C)cccc1C)C(CC)OCC. The number of ether oxygens (including phenoxy) is 1. The minimum absolute atomic E-state index is 0.297. The molecule has 0 bridgehead atoms. The van der Waals surface area contributed by atoms with Crippen LogP contribution in [0, 0.1) is 13.8 Å². The zero-order valence-corrected chi connectivity index (χ0v) is 13.8. The molecule has 0 aliphatic heterocycles. The summed E-state index contributed by atoms with van der Waals surface area (Å²) in [5.74, 6) is 0. The van der Waals surface area contributed by atoms with Crippen molar-refractivity contribution in [2.24, 2.45) is 0 Å². The summed E-state index contributed by atoms with van der Waals surface area (Å²) in [5, 5.41) is 3.68. The maximum absolute atomic E-state index is 5.94. The van der Waals surface area contributed by atoms with Crippen LogP contribution in [0.3, 0.4) is 0 Å². The largest absolute Gasteiger partial charge is 0.377 e. The van der Waals surface area contributed by atoms with E-state index in [1.54, 1.807) is 0 Å². The van der Waals surface area contributed by atoms with E-state index in [2.05, 4.69) is 58.1 Å². The van der Waals surface area contributed by atoms with Gasteiger partial charge in [0.25, 0.3) is 0 Å². The van der Waals surface area contributed by atoms with E-state index in [0.29, 0.717) is 12.1 Å². The van der Waals surface area contributed by atoms with Crippen molar-refractivity contribution in [2.75, 3.05) is 13.2 Å². The summed E-state index contributed by atoms with van der Waals surface area (Å²) < 4.78 is 5.94. The fraction of sp³-hybridized carbons (Fsp3) is 0.667. The molecule has 0 aliphatic carbocycles. The summed E-state index contributed by atoms with van der Waals surface area (Å²) in [5.41, 5.74) is 4.25. The van der Waals surface area contributed by atoms with E-state index in [1.165, 1.54) is 16.7 Å². The quantitative estimate of drug-likeness (QED) is 0.736. The van der Waals surface area contributed by atoms with E-state index >= 15 is 0 Å². The summed E-state index contributed by atoms with van der Waals surface area (Å²) in [6, 6.07) is 6.96. The van der Waals surface area contributed by atoms with Crippen LogP contribution in [0.4, 0.5) is 0 Å². The van der Waals surface area contributed by atoms with E-state index < -0.39 is 0 Å². The molecule has 20 heavy (non-hydrogen) atoms. The number of nitrogens with one attached hydrogen (secondary N) is 1. The van der Waals surface area contributed by atoms with Crippen molar-refractivity contribution >= 4 is 0 Å². The summed E-state index contributed by atoms with van der Waals surface area (Å²) in [6.45, 7) is 12.8. The van der Waals surface area contributed by atoms with Crippen molar-refractivity contribution in [1.82, 2.24) is 5.32 Å². The fourth-order valence-electron chi connectivity index (χ4n) is 2.79. The third kappa shape index (κ3) is 4.92. The summed E-state index contributed by atoms with van der Waals surface area (Å²) in [4.78, 5) is 0. The van der Waals surface area contributed by atoms with Crippen LogP contribution in [-0.2, 0) is 11.2 Å². The summed E-state index contributed by atoms with van der Waals surface area (Å²) in [7, 11) is 0. The van der Waals surface area contributed by atoms with Crippen molar-refractivity contribution in [2.45, 2.75) is 66.0 Å². The lowest BCUT2D eigenvalue weighted by Crippen LogP contribution is -2.43. The van der Waals surface area contributed by atoms with Gasteiger partial charge >= 0.3 is 0 Å². The van der Waals surface area contributed by atoms with Gasteiger partial charge in [0, 0.05) is 12.6 Å². The molecule has 0 heterocycles. The Hall–Kier alpha value is -0.860. The Bertz CT molecular complexity index is 369. The van der Waals surface area contributed by atoms with Gasteiger partial charge in [-0.1, -0.05) is 32.0 Å². The molecule has 0 radical (unpaired) electrons. The Labute approximate surface area is 124 Å². The maximum Gasteiger partial charge on any atom is 0.0728 e. The van der Waals surface area contributed by atoms with Gasteiger partial charge in [-0.3, -0.25) is 0 Å². The zero-order valence-electron chi connectivity index (χ0n) is 13.8. The van der Waals surface area contributed by atoms with Gasteiger partial charge < -0.3 is 10.1 Å². The second-order valence-corrected chi connectivity index (χ2v) is 5.54. The smallest absolute Gasteiger partial charge is 0.0728 e. The molecule has 0 saturated heterocycles. The molecular formula is C18H31NO. The second kappa shape index (κ2) is 9.15. The maximum atomic E-state index is 5.94. The van der Waals surface area contributed by atoms with E-state index in [1.807, 2.05) is 0 Å². The minimum atomic E-state index is 0.297. The first-order valence-corrected chi connectivity index (χ1v) is 8.04. The van der Waals surface area contributed by atoms with Gasteiger partial charge in [-0.15, -0.1) is 0 Å². The second-order valence-electron chi connectivity index (χ2n) is 5.54. The Balaban J connectivity index is 2.87. The van der Waals surface area contributed by atoms with E-state index in [9.17, 15) is 0 Å². The number of hydrogen-bond acceptors (Lipinski definition) is 2. The highest BCUT2D eigenvalue weighted by Crippen LogP contribution is 2.18. The Morgan fingerprint density at radius 1 is 1.10 bits per heavy atom. The highest BCUT2D eigenvalue weighted by molar-refractivity contribution is 5.34. The van der Waals surface area contributed by atoms with Crippen molar-refractivity contribution in [3.8, 4) is 0 Å². The standard InChI is InChI=1S/C18H31NO/c1-6-12-19-17(18(7-2)20-8-3)13-16-14(4)10-9-11-15(16)5/h9-11,17-19H,6-8,12-13H2,1-5H3. The lowest BCUT2D eigenvalue weighted by Gasteiger charge is -2.28. The molecule has 2 atom stereocenters. The van der Waals surface area contributed by atoms with Gasteiger partial charge in [-0.2, -0.15) is 0 Å². The first kappa shape index (κ1) is 17.2. The molecule has 0 saturated carbocycles. The van der Waals surface area contributed by atoms with Crippen molar-refractivity contribution in [1.29, 1.82) is 0 Å². The number of rotatable bonds is 9. The van der Waals surface area contributed by atoms with Gasteiger partial charge in [0.1, 0.15) is 0 Å². The number of hydrogen-bond donors (Lipinski definition) is 1. The molecule has 1 aromatic carbocycles. The Morgan fingerprint density at radius 3 is 2.25 bits per heavy atom. The molecule has 1 rings (SSSR count). The van der Waals surface area contributed by atoms with E-state index in [4.69, 9.17) is 4.74 Å². The van der Waals surface area contributed by atoms with Crippen LogP contribution in [0.5, 0.6) is 0 Å². The third-order valence-electron chi connectivity index (χ3n) is 3.96. The van der Waals surface area contributed by atoms with Crippen molar-refractivity contribution in [3.63, 3.8) is 0 Å². The highest BCUT2D eigenvalue weighted by atomic mass is 16.5. The normalized spacial score (nSPS) is 14.2. The monoisotopic (exact) mass is 277 g/mol. The van der Waals surface area contributed by atoms with Crippen LogP contribution in [0.25, 0.3) is 0 Å². The predicted molar refractivity (Wildman–Crippen MR) is 87.4 cm³/mol. The average Bonchev–Trinajstić information content (AvgIpc) is 2.44. The molecule has 2 unspecified atom stereocenters. The molecular weight excluding hydrogens is 246 g/mol. The van der Waals surface area contributed by atoms with Gasteiger partial charge in [-0.25, -0.2) is 0 Å². The van der Waals surface area contributed by atoms with Crippen LogP contribution in [0.1, 0.15) is 50.3 Å². The number of benzene rings is 1. The lowest BCUT2D eigenvalue weighted by atomic mass is 9.93. The molecule has 2 heteroatoms. The Kier molecular flexibility index (Phi) is 7.86. The van der Waals surface area contributed by atoms with Crippen LogP contribution in [-0.4, -0.2) is 25.3 Å². The van der Waals surface area contributed by atoms with Crippen LogP contribution in [0.15, 0.2) is 18.2 Å². The number of aryl methyl sites for hydroxylation is 2. The molecule has 2 nitrogen and oxygen atoms in total. The van der Waals surface area contributed by atoms with Gasteiger partial charge in [0.15, 0.2) is 0 Å². The molecule has 0 fully saturated rings. The fourth-order valence-corrected chi connectivity index (χ4v) is 2.79. The van der Waals surface area contributed by atoms with Crippen molar-refractivity contribution in [3.05, 3.63) is 34.9 Å². The molecule has 0 spiro atoms. The Morgan fingerprint density at radius 2 is 1.75 bits per heavy atom. The van der Waals surface area contributed by atoms with Crippen LogP contribution < -0.4 is 5.32 Å². The van der Waals surface area contributed by atoms with Crippen LogP contribution in [0.2, 0.25) is 0 Å². The van der Waals surface area contributed by atoms with E-state index in [0.717, 1.165) is 32.4 Å².